The van der Waals surface area contributed by atoms with Crippen molar-refractivity contribution in [1.29, 1.82) is 0 Å². The van der Waals surface area contributed by atoms with E-state index in [1.54, 1.807) is 3.28 Å². The zero-order valence-electron chi connectivity index (χ0n) is 13.4. The van der Waals surface area contributed by atoms with Crippen LogP contribution in [-0.4, -0.2) is 0 Å². The van der Waals surface area contributed by atoms with E-state index in [1.165, 1.54) is 0 Å². The second-order valence-corrected chi connectivity index (χ2v) is 151. The Balaban J connectivity index is 4.55. The van der Waals surface area contributed by atoms with Gasteiger partial charge in [0.05, 0.1) is 0 Å². The Morgan fingerprint density at radius 1 is 0.750 bits per heavy atom. The van der Waals surface area contributed by atoms with E-state index >= 15 is 0 Å². The normalized spacial score (nSPS) is 38.9. The monoisotopic (exact) mass is 305 g/mol. The van der Waals surface area contributed by atoms with Crippen LogP contribution in [0.4, 0.5) is 0 Å². The SMILES string of the molecule is [CH3][Zr]([CH3])([CH3])([CH3])([CH3])([CH3])([CH3])([CH3])([CH3])([CH3])[C]1=CC=CC1. The second kappa shape index (κ2) is 0.815. The quantitative estimate of drug-likeness (QED) is 0.480. The van der Waals surface area contributed by atoms with Crippen LogP contribution >= 0.6 is 0 Å². The molecule has 0 unspecified atom stereocenters. The summed E-state index contributed by atoms with van der Waals surface area (Å²) in [6, 6.07) is 0. The molecule has 0 aromatic heterocycles. The van der Waals surface area contributed by atoms with E-state index in [0.717, 1.165) is 6.42 Å². The fourth-order valence-electron chi connectivity index (χ4n) is 2.30. The van der Waals surface area contributed by atoms with Gasteiger partial charge in [-0.05, 0) is 0 Å². The average molecular weight is 307 g/mol. The van der Waals surface area contributed by atoms with E-state index in [2.05, 4.69) is 64.5 Å². The van der Waals surface area contributed by atoms with Crippen LogP contribution in [0.5, 0.6) is 0 Å². The summed E-state index contributed by atoms with van der Waals surface area (Å²) in [4.78, 5) is 0. The molecule has 0 N–H and O–H groups in total. The maximum absolute atomic E-state index is 5.44. The van der Waals surface area contributed by atoms with E-state index in [4.69, 9.17) is 0 Å². The first-order valence-electron chi connectivity index (χ1n) is 6.97. The van der Waals surface area contributed by atoms with Gasteiger partial charge in [0.15, 0.2) is 0 Å². The molecule has 0 aliphatic heterocycles. The van der Waals surface area contributed by atoms with E-state index in [-0.39, 0.29) is 0 Å². The minimum absolute atomic E-state index is 1.06. The topological polar surface area (TPSA) is 0 Å². The molecule has 0 saturated heterocycles. The molecular weight excluding hydrogens is 271 g/mol. The van der Waals surface area contributed by atoms with Crippen molar-refractivity contribution in [2.75, 3.05) is 0 Å². The molecule has 0 radical (unpaired) electrons. The second-order valence-electron chi connectivity index (χ2n) is 26.3. The van der Waals surface area contributed by atoms with E-state index < -0.39 is 9.88 Å². The van der Waals surface area contributed by atoms with Crippen LogP contribution in [0, 0.1) is 0 Å². The van der Waals surface area contributed by atoms with Gasteiger partial charge in [0, 0.05) is 0 Å². The number of allylic oxidation sites excluding steroid dienone is 4. The molecule has 0 spiro atoms. The first kappa shape index (κ1) is 14.4. The summed E-state index contributed by atoms with van der Waals surface area (Å²) in [6.45, 7) is 0. The summed E-state index contributed by atoms with van der Waals surface area (Å²) >= 11 is 0. The van der Waals surface area contributed by atoms with Crippen molar-refractivity contribution in [2.24, 2.45) is 0 Å². The molecule has 0 amide bonds. The van der Waals surface area contributed by atoms with Crippen molar-refractivity contribution in [3.8, 4) is 0 Å². The molecule has 0 aromatic rings. The van der Waals surface area contributed by atoms with Crippen LogP contribution in [-0.2, 0) is 9.88 Å². The van der Waals surface area contributed by atoms with Crippen LogP contribution in [0.25, 0.3) is 0 Å². The average Bonchev–Trinajstić information content (AvgIpc) is 1.93. The molecule has 0 heterocycles. The third kappa shape index (κ3) is 3.43. The summed E-state index contributed by atoms with van der Waals surface area (Å²) < 4.78 is 26.9. The Kier molecular flexibility index (Phi) is 0.735. The molecule has 99 valence electrons. The Labute approximate surface area is 83.7 Å². The summed E-state index contributed by atoms with van der Waals surface area (Å²) in [5, 5.41) is 0. The molecule has 16 heavy (non-hydrogen) atoms. The fourth-order valence-corrected chi connectivity index (χ4v) is 11.9. The third-order valence-corrected chi connectivity index (χ3v) is 20.7. The van der Waals surface area contributed by atoms with Gasteiger partial charge in [0.1, 0.15) is 0 Å². The zero-order valence-corrected chi connectivity index (χ0v) is 15.9. The Hall–Kier alpha value is 0.363. The maximum atomic E-state index is 2.53. The van der Waals surface area contributed by atoms with Crippen molar-refractivity contribution in [1.82, 2.24) is 0 Å². The standard InChI is InChI=1S/C5H5.10CH3.Zr/c1-2-4-5-3-1;;;;;;;;;;;/h1-3H,4H2;10*1H3;. The number of rotatable bonds is 1. The first-order chi connectivity index (χ1) is 5.51. The number of hydrogen-bond donors (Lipinski definition) is 0. The van der Waals surface area contributed by atoms with Crippen molar-refractivity contribution in [2.45, 2.75) is 52.7 Å². The van der Waals surface area contributed by atoms with E-state index in [9.17, 15) is 0 Å². The van der Waals surface area contributed by atoms with Crippen LogP contribution in [0.15, 0.2) is 21.5 Å². The van der Waals surface area contributed by atoms with Crippen LogP contribution < -0.4 is 0 Å². The summed E-state index contributed by atoms with van der Waals surface area (Å²) in [5.74, 6) is 0. The van der Waals surface area contributed by atoms with E-state index in [0.29, 0.717) is 0 Å². The molecule has 0 saturated carbocycles. The molecule has 0 fully saturated rings. The van der Waals surface area contributed by atoms with Crippen molar-refractivity contribution >= 4 is 0 Å². The van der Waals surface area contributed by atoms with Gasteiger partial charge in [0.2, 0.25) is 0 Å². The zero-order chi connectivity index (χ0) is 13.7. The van der Waals surface area contributed by atoms with E-state index in [1.807, 2.05) is 0 Å². The summed E-state index contributed by atoms with van der Waals surface area (Å²) in [5.41, 5.74) is 0. The van der Waals surface area contributed by atoms with Crippen LogP contribution in [0.1, 0.15) is 6.42 Å². The fraction of sp³-hybridized carbons (Fsp3) is 0.733. The molecule has 0 nitrogen and oxygen atoms in total. The van der Waals surface area contributed by atoms with Gasteiger partial charge in [-0.2, -0.15) is 0 Å². The Morgan fingerprint density at radius 2 is 1.12 bits per heavy atom. The Morgan fingerprint density at radius 3 is 1.25 bits per heavy atom. The third-order valence-electron chi connectivity index (χ3n) is 3.98. The molecule has 0 atom stereocenters. The summed E-state index contributed by atoms with van der Waals surface area (Å²) in [7, 11) is -5.44. The van der Waals surface area contributed by atoms with Crippen LogP contribution in [0.3, 0.4) is 0 Å². The van der Waals surface area contributed by atoms with Crippen molar-refractivity contribution < 1.29 is 9.88 Å². The molecule has 1 heteroatoms. The first-order valence-corrected chi connectivity index (χ1v) is 32.8. The van der Waals surface area contributed by atoms with Gasteiger partial charge >= 0.3 is 84.1 Å². The molecule has 1 aliphatic rings. The van der Waals surface area contributed by atoms with Gasteiger partial charge < -0.3 is 0 Å². The molecular formula is C15H35Zr. The predicted molar refractivity (Wildman–Crippen MR) is 80.5 cm³/mol. The van der Waals surface area contributed by atoms with Gasteiger partial charge in [-0.3, -0.25) is 0 Å². The van der Waals surface area contributed by atoms with Crippen molar-refractivity contribution in [3.05, 3.63) is 21.5 Å². The van der Waals surface area contributed by atoms with Crippen molar-refractivity contribution in [3.63, 3.8) is 0 Å². The van der Waals surface area contributed by atoms with Gasteiger partial charge in [-0.25, -0.2) is 0 Å². The van der Waals surface area contributed by atoms with Gasteiger partial charge in [-0.15, -0.1) is 0 Å². The Bertz CT molecular complexity index is 558. The van der Waals surface area contributed by atoms with Gasteiger partial charge in [0.25, 0.3) is 0 Å². The molecule has 0 bridgehead atoms. The minimum atomic E-state index is -5.44. The predicted octanol–water partition coefficient (Wildman–Crippen LogP) is 7.22. The molecule has 0 aromatic carbocycles. The van der Waals surface area contributed by atoms with Gasteiger partial charge in [-0.1, -0.05) is 0 Å². The summed E-state index contributed by atoms with van der Waals surface area (Å²) in [6.07, 6.45) is 7.89. The molecule has 1 rings (SSSR count). The number of hydrogen-bond acceptors (Lipinski definition) is 0. The molecule has 1 aliphatic carbocycles. The van der Waals surface area contributed by atoms with Crippen LogP contribution in [0.2, 0.25) is 46.3 Å².